The minimum Gasteiger partial charge on any atom is -0.0620 e. The molecule has 0 aromatic heterocycles. The van der Waals surface area contributed by atoms with Gasteiger partial charge in [0.25, 0.3) is 0 Å². The predicted octanol–water partition coefficient (Wildman–Crippen LogP) is 8.45. The van der Waals surface area contributed by atoms with Crippen molar-refractivity contribution in [1.82, 2.24) is 0 Å². The third kappa shape index (κ3) is 11.1. The van der Waals surface area contributed by atoms with Crippen LogP contribution in [0.15, 0.2) is 212 Å². The fourth-order valence-corrected chi connectivity index (χ4v) is 10.7. The largest absolute Gasteiger partial charge is 0.102 e. The van der Waals surface area contributed by atoms with Gasteiger partial charge in [0.05, 0.1) is 15.8 Å². The quantitative estimate of drug-likeness (QED) is 0.0874. The summed E-state index contributed by atoms with van der Waals surface area (Å²) in [5.41, 5.74) is 1.19. The predicted molar refractivity (Wildman–Crippen MR) is 215 cm³/mol. The average Bonchev–Trinajstić information content (AvgIpc) is 3.16. The van der Waals surface area contributed by atoms with Gasteiger partial charge in [0, 0.05) is 0 Å². The van der Waals surface area contributed by atoms with E-state index in [1.165, 1.54) is 37.4 Å². The first-order valence-corrected chi connectivity index (χ1v) is 19.5. The molecule has 0 spiro atoms. The maximum absolute atomic E-state index is 2.89. The zero-order valence-electron chi connectivity index (χ0n) is 27.1. The molecule has 0 radical (unpaired) electrons. The van der Waals surface area contributed by atoms with Crippen molar-refractivity contribution in [2.75, 3.05) is 0 Å². The average molecular weight is 745 g/mol. The molecule has 0 N–H and O–H groups in total. The van der Waals surface area contributed by atoms with Crippen molar-refractivity contribution in [2.24, 2.45) is 0 Å². The van der Waals surface area contributed by atoms with Crippen LogP contribution in [-0.2, 0) is 17.9 Å². The van der Waals surface area contributed by atoms with Gasteiger partial charge >= 0.3 is 64.1 Å². The van der Waals surface area contributed by atoms with Crippen molar-refractivity contribution in [1.29, 1.82) is 0 Å². The summed E-state index contributed by atoms with van der Waals surface area (Å²) in [7, 11) is -1.75. The molecule has 0 atom stereocenters. The maximum atomic E-state index is 2.89. The van der Waals surface area contributed by atoms with Crippen LogP contribution in [0.4, 0.5) is 0 Å². The molecule has 7 aromatic carbocycles. The zero-order valence-corrected chi connectivity index (χ0v) is 30.9. The minimum atomic E-state index is -0.877. The van der Waals surface area contributed by atoms with Crippen molar-refractivity contribution in [3.63, 3.8) is 0 Å². The van der Waals surface area contributed by atoms with Gasteiger partial charge < -0.3 is 7.43 Å². The van der Waals surface area contributed by atoms with E-state index in [0.29, 0.717) is 0 Å². The molecule has 0 saturated carbocycles. The minimum absolute atomic E-state index is 0. The van der Waals surface area contributed by atoms with E-state index in [1.807, 2.05) is 36.4 Å². The molecule has 0 unspecified atom stereocenters. The van der Waals surface area contributed by atoms with E-state index >= 15 is 0 Å². The Hall–Kier alpha value is -4.33. The molecule has 0 aliphatic carbocycles. The fraction of sp³-hybridized carbons (Fsp3) is 0. The molecule has 0 aliphatic heterocycles. The maximum Gasteiger partial charge on any atom is 0.102 e. The Morgan fingerprint density at radius 2 is 0.500 bits per heavy atom. The summed E-state index contributed by atoms with van der Waals surface area (Å²) in [5, 5.41) is 8.61. The van der Waals surface area contributed by atoms with Crippen molar-refractivity contribution in [3.8, 4) is 0 Å². The van der Waals surface area contributed by atoms with Gasteiger partial charge in [-0.05, 0) is 72.8 Å². The van der Waals surface area contributed by atoms with Crippen LogP contribution in [0.3, 0.4) is 0 Å². The monoisotopic (exact) mass is 745 g/mol. The zero-order chi connectivity index (χ0) is 32.4. The van der Waals surface area contributed by atoms with Crippen molar-refractivity contribution < 1.29 is 17.9 Å². The van der Waals surface area contributed by atoms with Gasteiger partial charge in [-0.15, -0.1) is 0 Å². The van der Waals surface area contributed by atoms with Gasteiger partial charge in [-0.3, -0.25) is 0 Å². The van der Waals surface area contributed by atoms with Crippen LogP contribution in [-0.4, -0.2) is 4.26 Å². The Kier molecular flexibility index (Phi) is 15.8. The third-order valence-corrected chi connectivity index (χ3v) is 13.1. The molecule has 237 valence electrons. The Morgan fingerprint density at radius 1 is 0.312 bits per heavy atom. The van der Waals surface area contributed by atoms with Crippen LogP contribution in [0.5, 0.6) is 0 Å². The van der Waals surface area contributed by atoms with E-state index in [0.717, 1.165) is 0 Å². The molecular formula is C45H41P2Ru+2. The molecule has 7 rings (SSSR count). The smallest absolute Gasteiger partial charge is 0.0620 e. The third-order valence-electron chi connectivity index (χ3n) is 7.39. The molecule has 0 nitrogen and oxygen atoms in total. The second-order valence-corrected chi connectivity index (χ2v) is 16.1. The molecule has 7 aromatic rings. The molecule has 0 bridgehead atoms. The van der Waals surface area contributed by atoms with Gasteiger partial charge in [-0.1, -0.05) is 109 Å². The van der Waals surface area contributed by atoms with E-state index < -0.39 is 15.8 Å². The number of hydrogen-bond acceptors (Lipinski definition) is 0. The molecule has 0 amide bonds. The second-order valence-electron chi connectivity index (χ2n) is 10.6. The first-order chi connectivity index (χ1) is 23.3. The SMILES string of the molecule is [CH3-].[Ru+]=[C]=Cc1ccccc1.c1ccc([PH+](c2ccccc2)c2ccccc2)cc1.c1ccc([PH+](c2ccccc2)c2ccccc2)cc1. The molecule has 0 heterocycles. The van der Waals surface area contributed by atoms with E-state index in [2.05, 4.69) is 204 Å². The number of hydrogen-bond donors (Lipinski definition) is 0. The van der Waals surface area contributed by atoms with E-state index in [4.69, 9.17) is 0 Å². The molecule has 0 saturated heterocycles. The van der Waals surface area contributed by atoms with Crippen molar-refractivity contribution in [2.45, 2.75) is 0 Å². The van der Waals surface area contributed by atoms with Gasteiger partial charge in [-0.2, -0.15) is 0 Å². The number of rotatable bonds is 7. The summed E-state index contributed by atoms with van der Waals surface area (Å²) in [4.78, 5) is 0. The molecule has 0 aliphatic rings. The van der Waals surface area contributed by atoms with Crippen LogP contribution in [0.1, 0.15) is 5.56 Å². The summed E-state index contributed by atoms with van der Waals surface area (Å²) in [6.07, 6.45) is 1.93. The molecule has 48 heavy (non-hydrogen) atoms. The van der Waals surface area contributed by atoms with Crippen LogP contribution >= 0.6 is 15.8 Å². The Bertz CT molecular complexity index is 1590. The van der Waals surface area contributed by atoms with Crippen molar-refractivity contribution >= 4 is 58.0 Å². The van der Waals surface area contributed by atoms with E-state index in [1.54, 1.807) is 0 Å². The number of benzene rings is 7. The van der Waals surface area contributed by atoms with Crippen LogP contribution in [0, 0.1) is 7.43 Å². The fourth-order valence-electron chi connectivity index (χ4n) is 5.24. The summed E-state index contributed by atoms with van der Waals surface area (Å²) in [6.45, 7) is 0. The molecule has 3 heteroatoms. The Labute approximate surface area is 299 Å². The molecule has 0 fully saturated rings. The standard InChI is InChI=1S/2C18H15P.C8H6.CH3.Ru/c2*1-4-10-16(11-5-1)19(17-12-6-2-7-13-17)18-14-8-3-9-15-18;1-2-8-6-4-3-5-7-8;;/h2*1-15H;2-7H;1H3;/q;;;-1;+1/p+2. The summed E-state index contributed by atoms with van der Waals surface area (Å²) in [5.74, 6) is 0. The topological polar surface area (TPSA) is 0 Å². The van der Waals surface area contributed by atoms with E-state index in [9.17, 15) is 0 Å². The van der Waals surface area contributed by atoms with Gasteiger partial charge in [0.1, 0.15) is 31.8 Å². The van der Waals surface area contributed by atoms with Gasteiger partial charge in [0.2, 0.25) is 0 Å². The van der Waals surface area contributed by atoms with Gasteiger partial charge in [-0.25, -0.2) is 0 Å². The Balaban J connectivity index is 0.000000171. The normalized spacial score (nSPS) is 9.88. The van der Waals surface area contributed by atoms with Gasteiger partial charge in [0.15, 0.2) is 0 Å². The first-order valence-electron chi connectivity index (χ1n) is 15.6. The summed E-state index contributed by atoms with van der Waals surface area (Å²) in [6, 6.07) is 75.1. The van der Waals surface area contributed by atoms with Crippen LogP contribution < -0.4 is 31.8 Å². The van der Waals surface area contributed by atoms with Crippen LogP contribution in [0.25, 0.3) is 6.08 Å². The second kappa shape index (κ2) is 20.8. The van der Waals surface area contributed by atoms with E-state index in [-0.39, 0.29) is 7.43 Å². The first kappa shape index (κ1) is 36.5. The van der Waals surface area contributed by atoms with Crippen molar-refractivity contribution in [3.05, 3.63) is 225 Å². The summed E-state index contributed by atoms with van der Waals surface area (Å²) >= 11 is 2.34. The molecular weight excluding hydrogens is 704 g/mol. The Morgan fingerprint density at radius 3 is 0.688 bits per heavy atom. The summed E-state index contributed by atoms with van der Waals surface area (Å²) < 4.78 is 2.89. The van der Waals surface area contributed by atoms with Crippen LogP contribution in [0.2, 0.25) is 0 Å².